The minimum atomic E-state index is -3.96. The van der Waals surface area contributed by atoms with Gasteiger partial charge in [-0.2, -0.15) is 5.10 Å². The van der Waals surface area contributed by atoms with Crippen molar-refractivity contribution in [2.45, 2.75) is 22.2 Å². The molecule has 8 nitrogen and oxygen atoms in total. The topological polar surface area (TPSA) is 125 Å². The van der Waals surface area contributed by atoms with E-state index in [0.717, 1.165) is 11.8 Å². The first kappa shape index (κ1) is 15.3. The summed E-state index contributed by atoms with van der Waals surface area (Å²) < 4.78 is 25.8. The molecule has 21 heavy (non-hydrogen) atoms. The Labute approximate surface area is 125 Å². The highest BCUT2D eigenvalue weighted by atomic mass is 32.2. The maximum absolute atomic E-state index is 11.8. The Kier molecular flexibility index (Phi) is 4.48. The molecule has 0 bridgehead atoms. The predicted octanol–water partition coefficient (Wildman–Crippen LogP) is 1.17. The van der Waals surface area contributed by atoms with Crippen LogP contribution in [0.2, 0.25) is 0 Å². The minimum Gasteiger partial charge on any atom is -0.480 e. The molecule has 0 fully saturated rings. The average Bonchev–Trinajstić information content (AvgIpc) is 2.92. The highest BCUT2D eigenvalue weighted by molar-refractivity contribution is 7.99. The highest BCUT2D eigenvalue weighted by Gasteiger charge is 2.27. The largest absolute Gasteiger partial charge is 0.480 e. The van der Waals surface area contributed by atoms with Crippen LogP contribution in [0.25, 0.3) is 0 Å². The van der Waals surface area contributed by atoms with Crippen molar-refractivity contribution in [3.05, 3.63) is 30.6 Å². The summed E-state index contributed by atoms with van der Waals surface area (Å²) in [4.78, 5) is 15.5. The lowest BCUT2D eigenvalue weighted by Crippen LogP contribution is -2.32. The van der Waals surface area contributed by atoms with Gasteiger partial charge in [0.1, 0.15) is 6.33 Å². The number of carboxylic acid groups (broad SMARTS) is 1. The molecule has 0 aliphatic rings. The monoisotopic (exact) mass is 328 g/mol. The lowest BCUT2D eigenvalue weighted by atomic mass is 10.3. The van der Waals surface area contributed by atoms with Gasteiger partial charge in [-0.3, -0.25) is 14.6 Å². The van der Waals surface area contributed by atoms with Gasteiger partial charge < -0.3 is 5.11 Å². The average molecular weight is 328 g/mol. The second kappa shape index (κ2) is 6.14. The lowest BCUT2D eigenvalue weighted by molar-refractivity contribution is -0.136. The molecule has 1 unspecified atom stereocenters. The first-order valence-electron chi connectivity index (χ1n) is 5.76. The van der Waals surface area contributed by atoms with Gasteiger partial charge in [0.05, 0.1) is 0 Å². The molecule has 0 saturated carbocycles. The first-order valence-corrected chi connectivity index (χ1v) is 8.12. The van der Waals surface area contributed by atoms with Gasteiger partial charge in [-0.25, -0.2) is 13.4 Å². The maximum Gasteiger partial charge on any atom is 0.323 e. The molecule has 1 aromatic heterocycles. The summed E-state index contributed by atoms with van der Waals surface area (Å²) in [5, 5.41) is 14.2. The summed E-state index contributed by atoms with van der Waals surface area (Å²) in [5.41, 5.74) is 0.296. The van der Waals surface area contributed by atoms with E-state index in [0.29, 0.717) is 10.8 Å². The van der Waals surface area contributed by atoms with Crippen molar-refractivity contribution in [3.63, 3.8) is 0 Å². The SMILES string of the molecule is CC(C(=O)O)S(=O)(=O)Nc1ccc(Sc2ncn[nH]2)cc1. The maximum atomic E-state index is 11.8. The molecule has 1 heterocycles. The molecule has 0 radical (unpaired) electrons. The van der Waals surface area contributed by atoms with E-state index in [-0.39, 0.29) is 0 Å². The van der Waals surface area contributed by atoms with Gasteiger partial charge in [-0.1, -0.05) is 11.8 Å². The first-order chi connectivity index (χ1) is 9.88. The molecular formula is C11H12N4O4S2. The Bertz CT molecular complexity index is 713. The van der Waals surface area contributed by atoms with E-state index >= 15 is 0 Å². The van der Waals surface area contributed by atoms with Crippen LogP contribution in [0, 0.1) is 0 Å². The number of carboxylic acids is 1. The highest BCUT2D eigenvalue weighted by Crippen LogP contribution is 2.25. The molecule has 1 atom stereocenters. The third-order valence-corrected chi connectivity index (χ3v) is 5.09. The summed E-state index contributed by atoms with van der Waals surface area (Å²) in [6, 6.07) is 6.47. The van der Waals surface area contributed by atoms with Gasteiger partial charge >= 0.3 is 5.97 Å². The fourth-order valence-corrected chi connectivity index (χ4v) is 2.93. The van der Waals surface area contributed by atoms with Crippen molar-refractivity contribution < 1.29 is 18.3 Å². The van der Waals surface area contributed by atoms with E-state index in [1.807, 2.05) is 0 Å². The van der Waals surface area contributed by atoms with E-state index in [1.54, 1.807) is 24.3 Å². The Hall–Kier alpha value is -2.07. The third-order valence-electron chi connectivity index (χ3n) is 2.54. The van der Waals surface area contributed by atoms with E-state index < -0.39 is 21.2 Å². The fraction of sp³-hybridized carbons (Fsp3) is 0.182. The number of rotatable bonds is 6. The number of aromatic amines is 1. The zero-order chi connectivity index (χ0) is 15.5. The molecular weight excluding hydrogens is 316 g/mol. The predicted molar refractivity (Wildman–Crippen MR) is 76.6 cm³/mol. The van der Waals surface area contributed by atoms with Crippen LogP contribution in [-0.4, -0.2) is 39.9 Å². The second-order valence-corrected chi connectivity index (χ2v) is 7.11. The number of carbonyl (C=O) groups is 1. The van der Waals surface area contributed by atoms with Crippen molar-refractivity contribution in [1.29, 1.82) is 0 Å². The van der Waals surface area contributed by atoms with Gasteiger partial charge in [0, 0.05) is 10.6 Å². The molecule has 0 aliphatic carbocycles. The van der Waals surface area contributed by atoms with Crippen molar-refractivity contribution >= 4 is 33.4 Å². The zero-order valence-electron chi connectivity index (χ0n) is 10.8. The van der Waals surface area contributed by atoms with Crippen molar-refractivity contribution in [2.75, 3.05) is 4.72 Å². The third kappa shape index (κ3) is 3.95. The molecule has 2 aromatic rings. The molecule has 0 saturated heterocycles. The molecule has 3 N–H and O–H groups in total. The van der Waals surface area contributed by atoms with Crippen LogP contribution in [-0.2, 0) is 14.8 Å². The van der Waals surface area contributed by atoms with Crippen LogP contribution in [0.3, 0.4) is 0 Å². The van der Waals surface area contributed by atoms with Crippen molar-refractivity contribution in [3.8, 4) is 0 Å². The standard InChI is InChI=1S/C11H12N4O4S2/c1-7(10(16)17)21(18,19)15-8-2-4-9(5-3-8)20-11-12-6-13-14-11/h2-7,15H,1H3,(H,16,17)(H,12,13,14). The normalized spacial score (nSPS) is 12.8. The van der Waals surface area contributed by atoms with E-state index in [4.69, 9.17) is 5.11 Å². The zero-order valence-corrected chi connectivity index (χ0v) is 12.5. The number of benzene rings is 1. The number of H-pyrrole nitrogens is 1. The number of aromatic nitrogens is 3. The number of sulfonamides is 1. The van der Waals surface area contributed by atoms with Gasteiger partial charge in [0.25, 0.3) is 0 Å². The number of nitrogens with one attached hydrogen (secondary N) is 2. The summed E-state index contributed by atoms with van der Waals surface area (Å²) in [7, 11) is -3.96. The molecule has 1 aromatic carbocycles. The number of anilines is 1. The summed E-state index contributed by atoms with van der Waals surface area (Å²) in [5.74, 6) is -1.40. The molecule has 0 spiro atoms. The van der Waals surface area contributed by atoms with E-state index in [2.05, 4.69) is 19.9 Å². The van der Waals surface area contributed by atoms with E-state index in [1.165, 1.54) is 18.1 Å². The summed E-state index contributed by atoms with van der Waals surface area (Å²) in [6.45, 7) is 1.11. The quantitative estimate of drug-likeness (QED) is 0.726. The van der Waals surface area contributed by atoms with Crippen molar-refractivity contribution in [1.82, 2.24) is 15.2 Å². The molecule has 0 amide bonds. The lowest BCUT2D eigenvalue weighted by Gasteiger charge is -2.11. The number of nitrogens with zero attached hydrogens (tertiary/aromatic N) is 2. The molecule has 2 rings (SSSR count). The van der Waals surface area contributed by atoms with Crippen LogP contribution < -0.4 is 4.72 Å². The van der Waals surface area contributed by atoms with Gasteiger partial charge in [-0.05, 0) is 31.2 Å². The Morgan fingerprint density at radius 3 is 2.57 bits per heavy atom. The minimum absolute atomic E-state index is 0.296. The van der Waals surface area contributed by atoms with Crippen LogP contribution in [0.4, 0.5) is 5.69 Å². The fourth-order valence-electron chi connectivity index (χ4n) is 1.33. The van der Waals surface area contributed by atoms with E-state index in [9.17, 15) is 13.2 Å². The Morgan fingerprint density at radius 2 is 2.05 bits per heavy atom. The van der Waals surface area contributed by atoms with Gasteiger partial charge in [0.2, 0.25) is 10.0 Å². The number of aliphatic carboxylic acids is 1. The summed E-state index contributed by atoms with van der Waals surface area (Å²) in [6.07, 6.45) is 1.39. The summed E-state index contributed by atoms with van der Waals surface area (Å²) >= 11 is 1.33. The number of hydrogen-bond donors (Lipinski definition) is 3. The number of hydrogen-bond acceptors (Lipinski definition) is 6. The van der Waals surface area contributed by atoms with Crippen LogP contribution in [0.1, 0.15) is 6.92 Å². The van der Waals surface area contributed by atoms with Crippen LogP contribution in [0.15, 0.2) is 40.6 Å². The van der Waals surface area contributed by atoms with Crippen molar-refractivity contribution in [2.24, 2.45) is 0 Å². The van der Waals surface area contributed by atoms with Crippen LogP contribution >= 0.6 is 11.8 Å². The Morgan fingerprint density at radius 1 is 1.38 bits per heavy atom. The van der Waals surface area contributed by atoms with Crippen LogP contribution in [0.5, 0.6) is 0 Å². The Balaban J connectivity index is 2.07. The molecule has 10 heteroatoms. The molecule has 0 aliphatic heterocycles. The van der Waals surface area contributed by atoms with Gasteiger partial charge in [-0.15, -0.1) is 0 Å². The van der Waals surface area contributed by atoms with Gasteiger partial charge in [0.15, 0.2) is 10.4 Å². The molecule has 112 valence electrons. The smallest absolute Gasteiger partial charge is 0.323 e. The second-order valence-electron chi connectivity index (χ2n) is 4.04.